The van der Waals surface area contributed by atoms with Crippen molar-refractivity contribution in [3.63, 3.8) is 0 Å². The molecule has 0 bridgehead atoms. The normalized spacial score (nSPS) is 12.4. The van der Waals surface area contributed by atoms with E-state index in [2.05, 4.69) is 74.9 Å². The van der Waals surface area contributed by atoms with Crippen LogP contribution >= 0.6 is 38.5 Å². The minimum Gasteiger partial charge on any atom is -0.324 e. The van der Waals surface area contributed by atoms with Crippen molar-refractivity contribution < 1.29 is 0 Å². The van der Waals surface area contributed by atoms with Gasteiger partial charge in [0.05, 0.1) is 0 Å². The Morgan fingerprint density at radius 1 is 1.12 bits per heavy atom. The maximum Gasteiger partial charge on any atom is 0.0335 e. The lowest BCUT2D eigenvalue weighted by Crippen LogP contribution is -2.13. The molecule has 0 saturated carbocycles. The summed E-state index contributed by atoms with van der Waals surface area (Å²) in [6.45, 7) is 0. The molecule has 2 rings (SSSR count). The van der Waals surface area contributed by atoms with Gasteiger partial charge in [0.15, 0.2) is 0 Å². The molecule has 1 atom stereocenters. The zero-order valence-corrected chi connectivity index (χ0v) is 13.0. The van der Waals surface area contributed by atoms with Crippen molar-refractivity contribution in [2.24, 2.45) is 5.73 Å². The topological polar surface area (TPSA) is 26.0 Å². The molecule has 2 aromatic rings. The van der Waals surface area contributed by atoms with Crippen LogP contribution in [0.5, 0.6) is 0 Å². The van der Waals surface area contributed by atoms with Gasteiger partial charge in [0.1, 0.15) is 0 Å². The van der Waals surface area contributed by atoms with Gasteiger partial charge in [-0.3, -0.25) is 0 Å². The monoisotopic (exact) mass is 401 g/mol. The van der Waals surface area contributed by atoms with E-state index < -0.39 is 0 Å². The highest BCUT2D eigenvalue weighted by Crippen LogP contribution is 2.19. The van der Waals surface area contributed by atoms with Crippen LogP contribution in [0.15, 0.2) is 53.0 Å². The van der Waals surface area contributed by atoms with Gasteiger partial charge in [-0.15, -0.1) is 0 Å². The molecule has 0 aromatic heterocycles. The Balaban J connectivity index is 2.11. The first-order valence-electron chi connectivity index (χ1n) is 5.40. The molecule has 0 aliphatic heterocycles. The third-order valence-electron chi connectivity index (χ3n) is 2.64. The minimum absolute atomic E-state index is 0.0568. The summed E-state index contributed by atoms with van der Waals surface area (Å²) < 4.78 is 2.34. The average molecular weight is 402 g/mol. The summed E-state index contributed by atoms with van der Waals surface area (Å²) >= 11 is 5.78. The molecule has 0 aliphatic rings. The van der Waals surface area contributed by atoms with E-state index in [4.69, 9.17) is 5.73 Å². The van der Waals surface area contributed by atoms with Gasteiger partial charge in [-0.2, -0.15) is 0 Å². The number of nitrogens with two attached hydrogens (primary N) is 1. The van der Waals surface area contributed by atoms with Crippen molar-refractivity contribution in [3.05, 3.63) is 67.7 Å². The highest BCUT2D eigenvalue weighted by atomic mass is 127. The average Bonchev–Trinajstić information content (AvgIpc) is 2.29. The van der Waals surface area contributed by atoms with E-state index in [1.54, 1.807) is 0 Å². The van der Waals surface area contributed by atoms with E-state index in [1.807, 2.05) is 12.1 Å². The maximum atomic E-state index is 6.21. The van der Waals surface area contributed by atoms with Gasteiger partial charge in [0, 0.05) is 14.1 Å². The summed E-state index contributed by atoms with van der Waals surface area (Å²) in [4.78, 5) is 0. The van der Waals surface area contributed by atoms with Crippen LogP contribution in [0.4, 0.5) is 0 Å². The summed E-state index contributed by atoms with van der Waals surface area (Å²) in [6, 6.07) is 16.7. The first-order chi connectivity index (χ1) is 8.15. The maximum absolute atomic E-state index is 6.21. The van der Waals surface area contributed by atoms with Crippen LogP contribution in [0.25, 0.3) is 0 Å². The van der Waals surface area contributed by atoms with Gasteiger partial charge in [-0.25, -0.2) is 0 Å². The second kappa shape index (κ2) is 5.98. The van der Waals surface area contributed by atoms with E-state index in [1.165, 1.54) is 14.7 Å². The lowest BCUT2D eigenvalue weighted by Gasteiger charge is -2.12. The Bertz CT molecular complexity index is 496. The molecule has 0 saturated heterocycles. The lowest BCUT2D eigenvalue weighted by atomic mass is 10.00. The highest BCUT2D eigenvalue weighted by Gasteiger charge is 2.07. The standard InChI is InChI=1S/C14H13BrIN/c15-12-3-1-2-10(8-12)9-14(17)11-4-6-13(16)7-5-11/h1-8,14H,9,17H2. The molecular formula is C14H13BrIN. The molecule has 2 N–H and O–H groups in total. The van der Waals surface area contributed by atoms with Crippen LogP contribution in [0.3, 0.4) is 0 Å². The number of rotatable bonds is 3. The Kier molecular flexibility index (Phi) is 4.59. The zero-order valence-electron chi connectivity index (χ0n) is 9.24. The van der Waals surface area contributed by atoms with Gasteiger partial charge >= 0.3 is 0 Å². The fourth-order valence-corrected chi connectivity index (χ4v) is 2.55. The predicted molar refractivity (Wildman–Crippen MR) is 83.9 cm³/mol. The molecule has 1 unspecified atom stereocenters. The number of hydrogen-bond acceptors (Lipinski definition) is 1. The molecule has 0 heterocycles. The molecule has 2 aromatic carbocycles. The molecule has 0 fully saturated rings. The first kappa shape index (κ1) is 13.1. The summed E-state index contributed by atoms with van der Waals surface area (Å²) in [6.07, 6.45) is 0.861. The van der Waals surface area contributed by atoms with Crippen LogP contribution in [-0.2, 0) is 6.42 Å². The van der Waals surface area contributed by atoms with Crippen molar-refractivity contribution in [1.29, 1.82) is 0 Å². The van der Waals surface area contributed by atoms with Crippen LogP contribution in [0, 0.1) is 3.57 Å². The molecule has 17 heavy (non-hydrogen) atoms. The Morgan fingerprint density at radius 2 is 1.82 bits per heavy atom. The summed E-state index contributed by atoms with van der Waals surface area (Å²) in [7, 11) is 0. The van der Waals surface area contributed by atoms with E-state index in [0.717, 1.165) is 10.9 Å². The Morgan fingerprint density at radius 3 is 2.47 bits per heavy atom. The molecule has 0 radical (unpaired) electrons. The van der Waals surface area contributed by atoms with Gasteiger partial charge in [-0.1, -0.05) is 40.2 Å². The second-order valence-electron chi connectivity index (χ2n) is 3.99. The van der Waals surface area contributed by atoms with Gasteiger partial charge in [0.2, 0.25) is 0 Å². The fraction of sp³-hybridized carbons (Fsp3) is 0.143. The Labute approximate surface area is 124 Å². The first-order valence-corrected chi connectivity index (χ1v) is 7.28. The molecular weight excluding hydrogens is 389 g/mol. The molecule has 3 heteroatoms. The van der Waals surface area contributed by atoms with E-state index in [0.29, 0.717) is 0 Å². The molecule has 88 valence electrons. The van der Waals surface area contributed by atoms with Crippen LogP contribution in [-0.4, -0.2) is 0 Å². The third-order valence-corrected chi connectivity index (χ3v) is 3.86. The van der Waals surface area contributed by atoms with Gasteiger partial charge in [-0.05, 0) is 64.4 Å². The smallest absolute Gasteiger partial charge is 0.0335 e. The number of benzene rings is 2. The largest absolute Gasteiger partial charge is 0.324 e. The van der Waals surface area contributed by atoms with Gasteiger partial charge < -0.3 is 5.73 Å². The second-order valence-corrected chi connectivity index (χ2v) is 6.15. The minimum atomic E-state index is 0.0568. The van der Waals surface area contributed by atoms with Crippen molar-refractivity contribution in [2.45, 2.75) is 12.5 Å². The van der Waals surface area contributed by atoms with Crippen LogP contribution in [0.1, 0.15) is 17.2 Å². The van der Waals surface area contributed by atoms with Crippen molar-refractivity contribution in [1.82, 2.24) is 0 Å². The number of halogens is 2. The van der Waals surface area contributed by atoms with Crippen LogP contribution < -0.4 is 5.73 Å². The van der Waals surface area contributed by atoms with E-state index >= 15 is 0 Å². The molecule has 0 aliphatic carbocycles. The fourth-order valence-electron chi connectivity index (χ4n) is 1.75. The quantitative estimate of drug-likeness (QED) is 0.762. The predicted octanol–water partition coefficient (Wildman–Crippen LogP) is 4.30. The highest BCUT2D eigenvalue weighted by molar-refractivity contribution is 14.1. The summed E-state index contributed by atoms with van der Waals surface area (Å²) in [5, 5.41) is 0. The molecule has 0 amide bonds. The summed E-state index contributed by atoms with van der Waals surface area (Å²) in [5.74, 6) is 0. The third kappa shape index (κ3) is 3.79. The summed E-state index contributed by atoms with van der Waals surface area (Å²) in [5.41, 5.74) is 8.65. The van der Waals surface area contributed by atoms with Crippen LogP contribution in [0.2, 0.25) is 0 Å². The lowest BCUT2D eigenvalue weighted by molar-refractivity contribution is 0.721. The molecule has 1 nitrogen and oxygen atoms in total. The van der Waals surface area contributed by atoms with E-state index in [9.17, 15) is 0 Å². The van der Waals surface area contributed by atoms with Crippen molar-refractivity contribution >= 4 is 38.5 Å². The van der Waals surface area contributed by atoms with E-state index in [-0.39, 0.29) is 6.04 Å². The Hall–Kier alpha value is -0.390. The zero-order chi connectivity index (χ0) is 12.3. The van der Waals surface area contributed by atoms with Gasteiger partial charge in [0.25, 0.3) is 0 Å². The van der Waals surface area contributed by atoms with Crippen molar-refractivity contribution in [3.8, 4) is 0 Å². The number of hydrogen-bond donors (Lipinski definition) is 1. The molecule has 0 spiro atoms. The van der Waals surface area contributed by atoms with Crippen molar-refractivity contribution in [2.75, 3.05) is 0 Å². The SMILES string of the molecule is NC(Cc1cccc(Br)c1)c1ccc(I)cc1.